The van der Waals surface area contributed by atoms with Gasteiger partial charge in [-0.2, -0.15) is 0 Å². The lowest BCUT2D eigenvalue weighted by Gasteiger charge is -2.18. The number of rotatable bonds is 1. The minimum atomic E-state index is -0.151. The van der Waals surface area contributed by atoms with Crippen LogP contribution in [0.15, 0.2) is 12.2 Å². The van der Waals surface area contributed by atoms with Crippen molar-refractivity contribution in [1.29, 1.82) is 0 Å². The number of hydrogen-bond donors (Lipinski definition) is 1. The second-order valence-corrected chi connectivity index (χ2v) is 2.76. The fourth-order valence-corrected chi connectivity index (χ4v) is 1.24. The van der Waals surface area contributed by atoms with Crippen LogP contribution in [0, 0.1) is 5.92 Å². The smallest absolute Gasteiger partial charge is 0.0574 e. The van der Waals surface area contributed by atoms with Gasteiger partial charge in [-0.05, 0) is 26.2 Å². The average molecular weight is 126 g/mol. The lowest BCUT2D eigenvalue weighted by Crippen LogP contribution is -2.15. The SMILES string of the molecule is C[C@H](O)[C@H]1C=CCCC1. The highest BCUT2D eigenvalue weighted by molar-refractivity contribution is 4.94. The number of aliphatic hydroxyl groups excluding tert-OH is 1. The minimum absolute atomic E-state index is 0.151. The third-order valence-corrected chi connectivity index (χ3v) is 1.91. The van der Waals surface area contributed by atoms with Gasteiger partial charge in [-0.3, -0.25) is 0 Å². The molecule has 1 nitrogen and oxygen atoms in total. The normalized spacial score (nSPS) is 30.2. The quantitative estimate of drug-likeness (QED) is 0.530. The molecular weight excluding hydrogens is 112 g/mol. The van der Waals surface area contributed by atoms with Gasteiger partial charge in [0.2, 0.25) is 0 Å². The molecule has 1 N–H and O–H groups in total. The Hall–Kier alpha value is -0.300. The van der Waals surface area contributed by atoms with Gasteiger partial charge in [0.1, 0.15) is 0 Å². The number of allylic oxidation sites excluding steroid dienone is 1. The first-order valence-electron chi connectivity index (χ1n) is 3.65. The van der Waals surface area contributed by atoms with Crippen molar-refractivity contribution in [3.63, 3.8) is 0 Å². The lowest BCUT2D eigenvalue weighted by molar-refractivity contribution is 0.141. The van der Waals surface area contributed by atoms with E-state index in [4.69, 9.17) is 5.11 Å². The zero-order valence-electron chi connectivity index (χ0n) is 5.88. The van der Waals surface area contributed by atoms with Gasteiger partial charge in [-0.25, -0.2) is 0 Å². The molecule has 0 heterocycles. The third-order valence-electron chi connectivity index (χ3n) is 1.91. The first kappa shape index (κ1) is 6.81. The predicted octanol–water partition coefficient (Wildman–Crippen LogP) is 1.72. The maximum absolute atomic E-state index is 9.13. The molecule has 0 saturated carbocycles. The second-order valence-electron chi connectivity index (χ2n) is 2.76. The van der Waals surface area contributed by atoms with Crippen molar-refractivity contribution in [2.24, 2.45) is 5.92 Å². The molecule has 0 aromatic heterocycles. The summed E-state index contributed by atoms with van der Waals surface area (Å²) in [5.74, 6) is 0.429. The molecule has 1 aliphatic rings. The highest BCUT2D eigenvalue weighted by Gasteiger charge is 2.12. The van der Waals surface area contributed by atoms with Crippen LogP contribution in [0.5, 0.6) is 0 Å². The standard InChI is InChI=1S/C8H14O/c1-7(9)8-5-3-2-4-6-8/h3,5,7-9H,2,4,6H2,1H3/t7-,8-/m0/s1. The molecule has 1 aliphatic carbocycles. The zero-order chi connectivity index (χ0) is 6.69. The van der Waals surface area contributed by atoms with Crippen molar-refractivity contribution in [3.05, 3.63) is 12.2 Å². The third kappa shape index (κ3) is 1.83. The van der Waals surface area contributed by atoms with E-state index in [1.165, 1.54) is 12.8 Å². The average Bonchev–Trinajstić information content (AvgIpc) is 1.90. The van der Waals surface area contributed by atoms with E-state index < -0.39 is 0 Å². The summed E-state index contributed by atoms with van der Waals surface area (Å²) in [6.07, 6.45) is 7.75. The molecule has 0 bridgehead atoms. The predicted molar refractivity (Wildman–Crippen MR) is 38.2 cm³/mol. The van der Waals surface area contributed by atoms with Crippen LogP contribution < -0.4 is 0 Å². The molecule has 0 spiro atoms. The van der Waals surface area contributed by atoms with E-state index in [1.807, 2.05) is 6.92 Å². The molecule has 52 valence electrons. The summed E-state index contributed by atoms with van der Waals surface area (Å²) in [5.41, 5.74) is 0. The van der Waals surface area contributed by atoms with Gasteiger partial charge in [-0.15, -0.1) is 0 Å². The molecule has 9 heavy (non-hydrogen) atoms. The van der Waals surface area contributed by atoms with Crippen molar-refractivity contribution in [1.82, 2.24) is 0 Å². The summed E-state index contributed by atoms with van der Waals surface area (Å²) in [6, 6.07) is 0. The Morgan fingerprint density at radius 2 is 2.44 bits per heavy atom. The minimum Gasteiger partial charge on any atom is -0.393 e. The van der Waals surface area contributed by atoms with Crippen LogP contribution in [0.3, 0.4) is 0 Å². The van der Waals surface area contributed by atoms with E-state index in [9.17, 15) is 0 Å². The summed E-state index contributed by atoms with van der Waals surface area (Å²) >= 11 is 0. The van der Waals surface area contributed by atoms with E-state index in [0.717, 1.165) is 6.42 Å². The van der Waals surface area contributed by atoms with Gasteiger partial charge in [0.05, 0.1) is 6.10 Å². The van der Waals surface area contributed by atoms with Crippen LogP contribution in [0.2, 0.25) is 0 Å². The summed E-state index contributed by atoms with van der Waals surface area (Å²) < 4.78 is 0. The van der Waals surface area contributed by atoms with E-state index in [1.54, 1.807) is 0 Å². The van der Waals surface area contributed by atoms with Gasteiger partial charge < -0.3 is 5.11 Å². The summed E-state index contributed by atoms with van der Waals surface area (Å²) in [4.78, 5) is 0. The Morgan fingerprint density at radius 3 is 2.78 bits per heavy atom. The van der Waals surface area contributed by atoms with Crippen molar-refractivity contribution in [2.75, 3.05) is 0 Å². The molecule has 0 aromatic rings. The topological polar surface area (TPSA) is 20.2 Å². The maximum atomic E-state index is 9.13. The fraction of sp³-hybridized carbons (Fsp3) is 0.750. The first-order chi connectivity index (χ1) is 4.30. The molecule has 1 heteroatoms. The van der Waals surface area contributed by atoms with Crippen LogP contribution in [0.1, 0.15) is 26.2 Å². The van der Waals surface area contributed by atoms with Crippen molar-refractivity contribution in [3.8, 4) is 0 Å². The molecule has 0 saturated heterocycles. The summed E-state index contributed by atoms with van der Waals surface area (Å²) in [6.45, 7) is 1.86. The van der Waals surface area contributed by atoms with Crippen molar-refractivity contribution in [2.45, 2.75) is 32.3 Å². The van der Waals surface area contributed by atoms with Crippen LogP contribution in [0.25, 0.3) is 0 Å². The van der Waals surface area contributed by atoms with Crippen LogP contribution >= 0.6 is 0 Å². The Bertz CT molecular complexity index is 105. The molecule has 0 fully saturated rings. The van der Waals surface area contributed by atoms with Gasteiger partial charge in [0, 0.05) is 5.92 Å². The summed E-state index contributed by atoms with van der Waals surface area (Å²) in [7, 11) is 0. The monoisotopic (exact) mass is 126 g/mol. The fourth-order valence-electron chi connectivity index (χ4n) is 1.24. The molecule has 0 amide bonds. The number of hydrogen-bond acceptors (Lipinski definition) is 1. The van der Waals surface area contributed by atoms with Crippen LogP contribution in [0.4, 0.5) is 0 Å². The van der Waals surface area contributed by atoms with Gasteiger partial charge in [-0.1, -0.05) is 12.2 Å². The molecule has 0 aromatic carbocycles. The van der Waals surface area contributed by atoms with Crippen LogP contribution in [-0.4, -0.2) is 11.2 Å². The largest absolute Gasteiger partial charge is 0.393 e. The van der Waals surface area contributed by atoms with Crippen LogP contribution in [-0.2, 0) is 0 Å². The zero-order valence-corrected chi connectivity index (χ0v) is 5.88. The van der Waals surface area contributed by atoms with E-state index in [0.29, 0.717) is 5.92 Å². The van der Waals surface area contributed by atoms with E-state index in [2.05, 4.69) is 12.2 Å². The molecule has 0 unspecified atom stereocenters. The van der Waals surface area contributed by atoms with E-state index in [-0.39, 0.29) is 6.10 Å². The Morgan fingerprint density at radius 1 is 1.67 bits per heavy atom. The maximum Gasteiger partial charge on any atom is 0.0574 e. The highest BCUT2D eigenvalue weighted by atomic mass is 16.3. The molecule has 0 aliphatic heterocycles. The van der Waals surface area contributed by atoms with Gasteiger partial charge in [0.15, 0.2) is 0 Å². The van der Waals surface area contributed by atoms with Crippen molar-refractivity contribution >= 4 is 0 Å². The van der Waals surface area contributed by atoms with Crippen molar-refractivity contribution < 1.29 is 5.11 Å². The second kappa shape index (κ2) is 3.02. The summed E-state index contributed by atoms with van der Waals surface area (Å²) in [5, 5.41) is 9.13. The van der Waals surface area contributed by atoms with Gasteiger partial charge in [0.25, 0.3) is 0 Å². The molecular formula is C8H14O. The Kier molecular flexibility index (Phi) is 2.29. The van der Waals surface area contributed by atoms with E-state index >= 15 is 0 Å². The molecule has 2 atom stereocenters. The Balaban J connectivity index is 2.40. The Labute approximate surface area is 56.4 Å². The molecule has 0 radical (unpaired) electrons. The highest BCUT2D eigenvalue weighted by Crippen LogP contribution is 2.19. The molecule has 1 rings (SSSR count). The number of aliphatic hydroxyl groups is 1. The first-order valence-corrected chi connectivity index (χ1v) is 3.65. The lowest BCUT2D eigenvalue weighted by atomic mass is 9.92. The van der Waals surface area contributed by atoms with Gasteiger partial charge >= 0.3 is 0 Å².